The minimum atomic E-state index is -0.594. The minimum absolute atomic E-state index is 0.126. The van der Waals surface area contributed by atoms with Crippen molar-refractivity contribution in [2.24, 2.45) is 5.73 Å². The second-order valence-corrected chi connectivity index (χ2v) is 6.70. The van der Waals surface area contributed by atoms with Gasteiger partial charge in [-0.3, -0.25) is 19.9 Å². The molecule has 2 amide bonds. The van der Waals surface area contributed by atoms with Crippen LogP contribution in [-0.4, -0.2) is 22.0 Å². The summed E-state index contributed by atoms with van der Waals surface area (Å²) in [6.07, 6.45) is 3.25. The van der Waals surface area contributed by atoms with Crippen molar-refractivity contribution in [3.05, 3.63) is 89.7 Å². The van der Waals surface area contributed by atoms with E-state index in [0.717, 1.165) is 11.1 Å². The van der Waals surface area contributed by atoms with Crippen molar-refractivity contribution in [1.29, 1.82) is 0 Å². The Morgan fingerprint density at radius 1 is 0.967 bits per heavy atom. The Morgan fingerprint density at radius 3 is 2.37 bits per heavy atom. The number of carbonyl (C=O) groups is 2. The summed E-state index contributed by atoms with van der Waals surface area (Å²) < 4.78 is 5.50. The van der Waals surface area contributed by atoms with Crippen LogP contribution in [0.3, 0.4) is 0 Å². The number of carbonyl (C=O) groups excluding carboxylic acids is 2. The number of rotatable bonds is 5. The molecule has 0 saturated heterocycles. The number of benzene rings is 2. The normalized spacial score (nSPS) is 10.6. The van der Waals surface area contributed by atoms with Gasteiger partial charge in [0.15, 0.2) is 0 Å². The highest BCUT2D eigenvalue weighted by Gasteiger charge is 2.24. The van der Waals surface area contributed by atoms with Gasteiger partial charge in [-0.15, -0.1) is 0 Å². The smallest absolute Gasteiger partial charge is 0.258 e. The van der Waals surface area contributed by atoms with Crippen LogP contribution >= 0.6 is 0 Å². The molecule has 0 aliphatic carbocycles. The number of nitrogens with zero attached hydrogens (tertiary/aromatic N) is 2. The zero-order valence-corrected chi connectivity index (χ0v) is 16.1. The van der Waals surface area contributed by atoms with Crippen molar-refractivity contribution < 1.29 is 14.1 Å². The molecule has 7 nitrogen and oxygen atoms in total. The monoisotopic (exact) mass is 398 g/mol. The Bertz CT molecular complexity index is 1210. The van der Waals surface area contributed by atoms with Crippen LogP contribution in [0.4, 0.5) is 5.88 Å². The zero-order valence-electron chi connectivity index (χ0n) is 16.1. The van der Waals surface area contributed by atoms with Gasteiger partial charge >= 0.3 is 0 Å². The number of aryl methyl sites for hydroxylation is 1. The summed E-state index contributed by atoms with van der Waals surface area (Å²) in [5.41, 5.74) is 9.55. The lowest BCUT2D eigenvalue weighted by Crippen LogP contribution is -2.14. The lowest BCUT2D eigenvalue weighted by Gasteiger charge is -2.09. The van der Waals surface area contributed by atoms with Crippen molar-refractivity contribution in [3.63, 3.8) is 0 Å². The Kier molecular flexibility index (Phi) is 5.09. The van der Waals surface area contributed by atoms with Gasteiger partial charge in [0.2, 0.25) is 11.8 Å². The third-order valence-electron chi connectivity index (χ3n) is 4.65. The molecule has 2 aromatic heterocycles. The van der Waals surface area contributed by atoms with E-state index in [0.29, 0.717) is 27.9 Å². The van der Waals surface area contributed by atoms with Gasteiger partial charge in [0.05, 0.1) is 5.56 Å². The fourth-order valence-corrected chi connectivity index (χ4v) is 3.13. The Labute approximate surface area is 172 Å². The maximum absolute atomic E-state index is 12.8. The molecule has 0 fully saturated rings. The average Bonchev–Trinajstić information content (AvgIpc) is 3.18. The summed E-state index contributed by atoms with van der Waals surface area (Å²) in [6, 6.07) is 17.5. The Hall–Kier alpha value is -4.26. The molecule has 2 aromatic carbocycles. The predicted molar refractivity (Wildman–Crippen MR) is 113 cm³/mol. The van der Waals surface area contributed by atoms with Gasteiger partial charge in [0.25, 0.3) is 5.91 Å². The van der Waals surface area contributed by atoms with Gasteiger partial charge in [0.1, 0.15) is 5.69 Å². The molecule has 4 aromatic rings. The largest absolute Gasteiger partial charge is 0.366 e. The Balaban J connectivity index is 1.84. The summed E-state index contributed by atoms with van der Waals surface area (Å²) in [5, 5.41) is 6.92. The number of anilines is 1. The van der Waals surface area contributed by atoms with Crippen molar-refractivity contribution in [2.45, 2.75) is 6.92 Å². The van der Waals surface area contributed by atoms with E-state index >= 15 is 0 Å². The maximum Gasteiger partial charge on any atom is 0.258 e. The SMILES string of the molecule is Cc1ccc(C(=O)Nc2onc(-c3ccncc3)c2-c2ccccc2C(N)=O)cc1. The van der Waals surface area contributed by atoms with E-state index in [9.17, 15) is 9.59 Å². The lowest BCUT2D eigenvalue weighted by atomic mass is 9.96. The van der Waals surface area contributed by atoms with E-state index in [1.165, 1.54) is 0 Å². The van der Waals surface area contributed by atoms with Crippen LogP contribution in [0.15, 0.2) is 77.6 Å². The molecule has 0 aliphatic heterocycles. The van der Waals surface area contributed by atoms with Gasteiger partial charge in [-0.2, -0.15) is 0 Å². The molecule has 30 heavy (non-hydrogen) atoms. The number of nitrogens with one attached hydrogen (secondary N) is 1. The van der Waals surface area contributed by atoms with Crippen molar-refractivity contribution in [3.8, 4) is 22.4 Å². The van der Waals surface area contributed by atoms with E-state index in [-0.39, 0.29) is 11.8 Å². The van der Waals surface area contributed by atoms with Crippen LogP contribution in [0.2, 0.25) is 0 Å². The summed E-state index contributed by atoms with van der Waals surface area (Å²) in [4.78, 5) is 28.8. The van der Waals surface area contributed by atoms with Crippen LogP contribution in [0.5, 0.6) is 0 Å². The number of hydrogen-bond donors (Lipinski definition) is 2. The van der Waals surface area contributed by atoms with Gasteiger partial charge in [-0.1, -0.05) is 41.1 Å². The number of aromatic nitrogens is 2. The van der Waals surface area contributed by atoms with Gasteiger partial charge in [-0.05, 0) is 37.3 Å². The first kappa shape index (κ1) is 19.1. The second kappa shape index (κ2) is 8.00. The van der Waals surface area contributed by atoms with E-state index in [4.69, 9.17) is 10.3 Å². The fraction of sp³-hybridized carbons (Fsp3) is 0.0435. The highest BCUT2D eigenvalue weighted by molar-refractivity contribution is 6.08. The molecule has 4 rings (SSSR count). The van der Waals surface area contributed by atoms with Gasteiger partial charge < -0.3 is 10.3 Å². The highest BCUT2D eigenvalue weighted by Crippen LogP contribution is 2.39. The summed E-state index contributed by atoms with van der Waals surface area (Å²) in [7, 11) is 0. The molecule has 0 bridgehead atoms. The first-order valence-corrected chi connectivity index (χ1v) is 9.22. The first-order chi connectivity index (χ1) is 14.5. The molecule has 0 aliphatic rings. The number of amides is 2. The molecule has 0 saturated carbocycles. The lowest BCUT2D eigenvalue weighted by molar-refractivity contribution is 0.0998. The molecular weight excluding hydrogens is 380 g/mol. The van der Waals surface area contributed by atoms with E-state index < -0.39 is 5.91 Å². The van der Waals surface area contributed by atoms with Crippen molar-refractivity contribution >= 4 is 17.7 Å². The second-order valence-electron chi connectivity index (χ2n) is 6.70. The quantitative estimate of drug-likeness (QED) is 0.526. The van der Waals surface area contributed by atoms with Crippen LogP contribution in [-0.2, 0) is 0 Å². The zero-order chi connectivity index (χ0) is 21.1. The van der Waals surface area contributed by atoms with E-state index in [2.05, 4.69) is 15.5 Å². The van der Waals surface area contributed by atoms with Crippen LogP contribution < -0.4 is 11.1 Å². The minimum Gasteiger partial charge on any atom is -0.366 e. The summed E-state index contributed by atoms with van der Waals surface area (Å²) >= 11 is 0. The molecule has 3 N–H and O–H groups in total. The molecule has 2 heterocycles. The topological polar surface area (TPSA) is 111 Å². The van der Waals surface area contributed by atoms with Crippen molar-refractivity contribution in [1.82, 2.24) is 10.1 Å². The summed E-state index contributed by atoms with van der Waals surface area (Å²) in [5.74, 6) is -0.824. The third-order valence-corrected chi connectivity index (χ3v) is 4.65. The first-order valence-electron chi connectivity index (χ1n) is 9.22. The van der Waals surface area contributed by atoms with E-state index in [1.807, 2.05) is 19.1 Å². The number of primary amides is 1. The fourth-order valence-electron chi connectivity index (χ4n) is 3.13. The standard InChI is InChI=1S/C23H18N4O3/c1-14-6-8-16(9-7-14)22(29)26-23-19(17-4-2-3-5-18(17)21(24)28)20(27-30-23)15-10-12-25-13-11-15/h2-13H,1H3,(H2,24,28)(H,26,29). The molecule has 0 radical (unpaired) electrons. The molecule has 148 valence electrons. The number of pyridine rings is 1. The molecule has 0 spiro atoms. The van der Waals surface area contributed by atoms with Crippen LogP contribution in [0.25, 0.3) is 22.4 Å². The molecule has 7 heteroatoms. The predicted octanol–water partition coefficient (Wildman–Crippen LogP) is 4.06. The van der Waals surface area contributed by atoms with Gasteiger partial charge in [0, 0.05) is 34.6 Å². The Morgan fingerprint density at radius 2 is 1.67 bits per heavy atom. The molecule has 0 unspecified atom stereocenters. The van der Waals surface area contributed by atoms with E-state index in [1.54, 1.807) is 60.9 Å². The molecular formula is C23H18N4O3. The summed E-state index contributed by atoms with van der Waals surface area (Å²) in [6.45, 7) is 1.94. The average molecular weight is 398 g/mol. The highest BCUT2D eigenvalue weighted by atomic mass is 16.5. The maximum atomic E-state index is 12.8. The third kappa shape index (κ3) is 3.68. The molecule has 0 atom stereocenters. The van der Waals surface area contributed by atoms with Crippen molar-refractivity contribution in [2.75, 3.05) is 5.32 Å². The number of nitrogens with two attached hydrogens (primary N) is 1. The number of hydrogen-bond acceptors (Lipinski definition) is 5. The van der Waals surface area contributed by atoms with Crippen LogP contribution in [0, 0.1) is 6.92 Å². The van der Waals surface area contributed by atoms with Gasteiger partial charge in [-0.25, -0.2) is 0 Å². The van der Waals surface area contributed by atoms with Crippen LogP contribution in [0.1, 0.15) is 26.3 Å².